The lowest BCUT2D eigenvalue weighted by atomic mass is 10.1. The normalized spacial score (nSPS) is 10.4. The highest BCUT2D eigenvalue weighted by atomic mass is 35.5. The van der Waals surface area contributed by atoms with Gasteiger partial charge in [-0.15, -0.1) is 0 Å². The molecule has 0 saturated heterocycles. The van der Waals surface area contributed by atoms with Crippen LogP contribution in [0, 0.1) is 0 Å². The fourth-order valence-electron chi connectivity index (χ4n) is 2.17. The number of methoxy groups -OCH3 is 1. The maximum atomic E-state index is 12.6. The van der Waals surface area contributed by atoms with Crippen molar-refractivity contribution >= 4 is 45.4 Å². The summed E-state index contributed by atoms with van der Waals surface area (Å²) in [5.41, 5.74) is 7.14. The number of nitrogen functional groups attached to an aromatic ring is 1. The molecule has 0 aliphatic carbocycles. The lowest BCUT2D eigenvalue weighted by molar-refractivity contribution is 0.104. The van der Waals surface area contributed by atoms with Gasteiger partial charge in [-0.05, 0) is 24.3 Å². The van der Waals surface area contributed by atoms with E-state index in [4.69, 9.17) is 22.1 Å². The Morgan fingerprint density at radius 1 is 1.25 bits per heavy atom. The Balaban J connectivity index is 1.89. The van der Waals surface area contributed by atoms with Gasteiger partial charge in [0.2, 0.25) is 5.78 Å². The Hall–Kier alpha value is -2.57. The van der Waals surface area contributed by atoms with Crippen LogP contribution in [0.5, 0.6) is 5.75 Å². The molecule has 0 aliphatic rings. The maximum absolute atomic E-state index is 12.6. The summed E-state index contributed by atoms with van der Waals surface area (Å²) in [6.07, 6.45) is 0. The van der Waals surface area contributed by atoms with E-state index in [1.807, 2.05) is 24.3 Å². The van der Waals surface area contributed by atoms with Gasteiger partial charge in [-0.3, -0.25) is 4.79 Å². The van der Waals surface area contributed by atoms with Crippen LogP contribution in [0.4, 0.5) is 16.6 Å². The summed E-state index contributed by atoms with van der Waals surface area (Å²) >= 11 is 7.13. The zero-order chi connectivity index (χ0) is 17.1. The van der Waals surface area contributed by atoms with Crippen LogP contribution < -0.4 is 15.8 Å². The molecule has 7 heteroatoms. The molecule has 0 unspecified atom stereocenters. The third-order valence-electron chi connectivity index (χ3n) is 3.29. The number of nitrogens with one attached hydrogen (secondary N) is 1. The van der Waals surface area contributed by atoms with Gasteiger partial charge in [0, 0.05) is 10.6 Å². The van der Waals surface area contributed by atoms with E-state index in [0.29, 0.717) is 26.3 Å². The molecule has 3 N–H and O–H groups in total. The van der Waals surface area contributed by atoms with Gasteiger partial charge in [0.15, 0.2) is 5.13 Å². The topological polar surface area (TPSA) is 77.2 Å². The third-order valence-corrected chi connectivity index (χ3v) is 4.52. The molecule has 3 rings (SSSR count). The molecule has 0 atom stereocenters. The second kappa shape index (κ2) is 6.90. The molecule has 0 fully saturated rings. The maximum Gasteiger partial charge on any atom is 0.206 e. The summed E-state index contributed by atoms with van der Waals surface area (Å²) in [7, 11) is 1.59. The Morgan fingerprint density at radius 2 is 2.04 bits per heavy atom. The molecule has 0 aliphatic heterocycles. The number of nitrogens with zero attached hydrogens (tertiary/aromatic N) is 1. The SMILES string of the molecule is COc1ccccc1Nc1nc(N)c(C(=O)c2cccc(Cl)c2)s1. The molecule has 122 valence electrons. The third kappa shape index (κ3) is 3.34. The number of thiazole rings is 1. The molecule has 2 aromatic carbocycles. The zero-order valence-electron chi connectivity index (χ0n) is 12.7. The van der Waals surface area contributed by atoms with Gasteiger partial charge in [0.1, 0.15) is 16.4 Å². The summed E-state index contributed by atoms with van der Waals surface area (Å²) in [4.78, 5) is 17.2. The first-order valence-electron chi connectivity index (χ1n) is 7.05. The Morgan fingerprint density at radius 3 is 2.79 bits per heavy atom. The van der Waals surface area contributed by atoms with Crippen molar-refractivity contribution in [1.82, 2.24) is 4.98 Å². The highest BCUT2D eigenvalue weighted by Gasteiger charge is 2.18. The van der Waals surface area contributed by atoms with Crippen LogP contribution in [0.3, 0.4) is 0 Å². The molecule has 24 heavy (non-hydrogen) atoms. The van der Waals surface area contributed by atoms with Crippen molar-refractivity contribution in [3.8, 4) is 5.75 Å². The van der Waals surface area contributed by atoms with Crippen LogP contribution in [0.1, 0.15) is 15.2 Å². The monoisotopic (exact) mass is 359 g/mol. The van der Waals surface area contributed by atoms with Gasteiger partial charge in [-0.2, -0.15) is 0 Å². The van der Waals surface area contributed by atoms with Gasteiger partial charge in [0.05, 0.1) is 12.8 Å². The molecular weight excluding hydrogens is 346 g/mol. The minimum Gasteiger partial charge on any atom is -0.495 e. The number of halogens is 1. The Labute approximate surface area is 148 Å². The van der Waals surface area contributed by atoms with E-state index in [9.17, 15) is 4.79 Å². The van der Waals surface area contributed by atoms with E-state index in [0.717, 1.165) is 5.69 Å². The van der Waals surface area contributed by atoms with Gasteiger partial charge < -0.3 is 15.8 Å². The number of aromatic nitrogens is 1. The number of benzene rings is 2. The predicted octanol–water partition coefficient (Wildman–Crippen LogP) is 4.36. The minimum absolute atomic E-state index is 0.183. The van der Waals surface area contributed by atoms with Crippen LogP contribution in [0.15, 0.2) is 48.5 Å². The fraction of sp³-hybridized carbons (Fsp3) is 0.0588. The first-order chi connectivity index (χ1) is 11.6. The average Bonchev–Trinajstić information content (AvgIpc) is 2.95. The predicted molar refractivity (Wildman–Crippen MR) is 97.7 cm³/mol. The number of hydrogen-bond donors (Lipinski definition) is 2. The van der Waals surface area contributed by atoms with Crippen LogP contribution >= 0.6 is 22.9 Å². The number of anilines is 3. The van der Waals surface area contributed by atoms with Crippen molar-refractivity contribution in [3.63, 3.8) is 0 Å². The van der Waals surface area contributed by atoms with E-state index in [1.54, 1.807) is 31.4 Å². The molecule has 0 bridgehead atoms. The van der Waals surface area contributed by atoms with Crippen molar-refractivity contribution in [2.75, 3.05) is 18.2 Å². The number of nitrogens with two attached hydrogens (primary N) is 1. The molecule has 0 saturated carbocycles. The molecule has 3 aromatic rings. The van der Waals surface area contributed by atoms with Crippen LogP contribution in [-0.2, 0) is 0 Å². The molecular formula is C17H14ClN3O2S. The summed E-state index contributed by atoms with van der Waals surface area (Å²) in [5, 5.41) is 4.14. The van der Waals surface area contributed by atoms with Crippen LogP contribution in [0.2, 0.25) is 5.02 Å². The molecule has 5 nitrogen and oxygen atoms in total. The van der Waals surface area contributed by atoms with E-state index in [2.05, 4.69) is 10.3 Å². The number of ether oxygens (including phenoxy) is 1. The fourth-order valence-corrected chi connectivity index (χ4v) is 3.22. The molecule has 0 spiro atoms. The number of carbonyl (C=O) groups is 1. The van der Waals surface area contributed by atoms with Crippen LogP contribution in [0.25, 0.3) is 0 Å². The highest BCUT2D eigenvalue weighted by Crippen LogP contribution is 2.33. The van der Waals surface area contributed by atoms with Crippen molar-refractivity contribution in [2.45, 2.75) is 0 Å². The average molecular weight is 360 g/mol. The number of para-hydroxylation sites is 2. The quantitative estimate of drug-likeness (QED) is 0.662. The van der Waals surface area contributed by atoms with Crippen molar-refractivity contribution < 1.29 is 9.53 Å². The van der Waals surface area contributed by atoms with E-state index >= 15 is 0 Å². The Bertz CT molecular complexity index is 895. The summed E-state index contributed by atoms with van der Waals surface area (Å²) < 4.78 is 5.29. The molecule has 1 aromatic heterocycles. The van der Waals surface area contributed by atoms with Crippen molar-refractivity contribution in [2.24, 2.45) is 0 Å². The summed E-state index contributed by atoms with van der Waals surface area (Å²) in [6.45, 7) is 0. The molecule has 0 radical (unpaired) electrons. The lowest BCUT2D eigenvalue weighted by Crippen LogP contribution is -2.02. The van der Waals surface area contributed by atoms with Crippen LogP contribution in [-0.4, -0.2) is 17.9 Å². The first-order valence-corrected chi connectivity index (χ1v) is 8.24. The molecule has 1 heterocycles. The number of hydrogen-bond acceptors (Lipinski definition) is 6. The lowest BCUT2D eigenvalue weighted by Gasteiger charge is -2.07. The first kappa shape index (κ1) is 16.3. The van der Waals surface area contributed by atoms with Gasteiger partial charge in [0.25, 0.3) is 0 Å². The Kier molecular flexibility index (Phi) is 4.69. The smallest absolute Gasteiger partial charge is 0.206 e. The standard InChI is InChI=1S/C17H14ClN3O2S/c1-23-13-8-3-2-7-12(13)20-17-21-16(19)15(24-17)14(22)10-5-4-6-11(18)9-10/h2-9H,19H2,1H3,(H,20,21). The second-order valence-corrected chi connectivity index (χ2v) is 6.33. The number of carbonyl (C=O) groups excluding carboxylic acids is 1. The van der Waals surface area contributed by atoms with E-state index in [1.165, 1.54) is 11.3 Å². The molecule has 0 amide bonds. The van der Waals surface area contributed by atoms with E-state index in [-0.39, 0.29) is 11.6 Å². The zero-order valence-corrected chi connectivity index (χ0v) is 14.3. The number of rotatable bonds is 5. The summed E-state index contributed by atoms with van der Waals surface area (Å²) in [6, 6.07) is 14.2. The van der Waals surface area contributed by atoms with Gasteiger partial charge >= 0.3 is 0 Å². The number of ketones is 1. The van der Waals surface area contributed by atoms with E-state index < -0.39 is 0 Å². The van der Waals surface area contributed by atoms with Crippen molar-refractivity contribution in [3.05, 3.63) is 64.0 Å². The summed E-state index contributed by atoms with van der Waals surface area (Å²) in [5.74, 6) is 0.650. The van der Waals surface area contributed by atoms with Gasteiger partial charge in [-0.1, -0.05) is 47.2 Å². The van der Waals surface area contributed by atoms with Gasteiger partial charge in [-0.25, -0.2) is 4.98 Å². The minimum atomic E-state index is -0.208. The second-order valence-electron chi connectivity index (χ2n) is 4.90. The highest BCUT2D eigenvalue weighted by molar-refractivity contribution is 7.18. The largest absolute Gasteiger partial charge is 0.495 e. The van der Waals surface area contributed by atoms with Crippen molar-refractivity contribution in [1.29, 1.82) is 0 Å².